The van der Waals surface area contributed by atoms with Gasteiger partial charge in [-0.3, -0.25) is 19.3 Å². The number of H-pyrrole nitrogens is 2. The number of nitrogens with zero attached hydrogens (tertiary/aromatic N) is 3. The highest BCUT2D eigenvalue weighted by molar-refractivity contribution is 6.23. The molecule has 4 aliphatic heterocycles. The number of hydrogen-bond donors (Lipinski definition) is 3. The van der Waals surface area contributed by atoms with Gasteiger partial charge in [-0.25, -0.2) is 9.97 Å². The minimum Gasteiger partial charge on any atom is -0.469 e. The fourth-order valence-electron chi connectivity index (χ4n) is 7.76. The Balaban J connectivity index is 1.75. The maximum Gasteiger partial charge on any atom is 0.305 e. The van der Waals surface area contributed by atoms with Crippen LogP contribution >= 0.6 is 0 Å². The third kappa shape index (κ3) is 5.89. The minimum atomic E-state index is -0.422. The van der Waals surface area contributed by atoms with E-state index in [4.69, 9.17) is 14.7 Å². The van der Waals surface area contributed by atoms with E-state index in [1.807, 2.05) is 38.1 Å². The summed E-state index contributed by atoms with van der Waals surface area (Å²) in [5, 5.41) is 10.8. The van der Waals surface area contributed by atoms with Crippen molar-refractivity contribution in [2.45, 2.75) is 98.0 Å². The maximum atomic E-state index is 14.6. The summed E-state index contributed by atoms with van der Waals surface area (Å²) < 4.78 is 5.01. The zero-order chi connectivity index (χ0) is 35.9. The Morgan fingerprint density at radius 2 is 1.70 bits per heavy atom. The molecule has 0 aromatic carbocycles. The number of aliphatic hydroxyl groups excluding tert-OH is 1. The molecule has 6 rings (SSSR count). The molecule has 0 aliphatic carbocycles. The number of rotatable bonds is 11. The normalized spacial score (nSPS) is 17.9. The summed E-state index contributed by atoms with van der Waals surface area (Å²) in [5.41, 5.74) is 10.4. The summed E-state index contributed by atoms with van der Waals surface area (Å²) in [5.74, 6) is -1.57. The largest absolute Gasteiger partial charge is 0.469 e. The van der Waals surface area contributed by atoms with E-state index in [1.54, 1.807) is 0 Å². The lowest BCUT2D eigenvalue weighted by Crippen LogP contribution is -2.41. The van der Waals surface area contributed by atoms with Crippen LogP contribution < -0.4 is 0 Å². The van der Waals surface area contributed by atoms with Crippen molar-refractivity contribution < 1.29 is 24.2 Å². The molecule has 2 aromatic rings. The van der Waals surface area contributed by atoms with Crippen molar-refractivity contribution in [3.63, 3.8) is 0 Å². The number of fused-ring (bicyclic) bond motifs is 8. The van der Waals surface area contributed by atoms with E-state index in [1.165, 1.54) is 12.0 Å². The molecule has 4 aliphatic rings. The molecule has 10 heteroatoms. The first-order valence-corrected chi connectivity index (χ1v) is 17.7. The summed E-state index contributed by atoms with van der Waals surface area (Å²) in [6.07, 6.45) is 6.68. The highest BCUT2D eigenvalue weighted by atomic mass is 16.5. The Morgan fingerprint density at radius 3 is 2.38 bits per heavy atom. The zero-order valence-electron chi connectivity index (χ0n) is 30.0. The average Bonchev–Trinajstić information content (AvgIpc) is 3.80. The van der Waals surface area contributed by atoms with E-state index in [-0.39, 0.29) is 30.8 Å². The van der Waals surface area contributed by atoms with Gasteiger partial charge in [-0.1, -0.05) is 52.7 Å². The van der Waals surface area contributed by atoms with Crippen LogP contribution in [0.5, 0.6) is 0 Å². The number of aliphatic hydroxyl groups is 1. The van der Waals surface area contributed by atoms with Crippen LogP contribution in [0.1, 0.15) is 152 Å². The monoisotopic (exact) mass is 677 g/mol. The first kappa shape index (κ1) is 35.0. The van der Waals surface area contributed by atoms with Crippen LogP contribution in [-0.2, 0) is 16.1 Å². The van der Waals surface area contributed by atoms with E-state index in [0.717, 1.165) is 70.0 Å². The van der Waals surface area contributed by atoms with Gasteiger partial charge < -0.3 is 19.8 Å². The van der Waals surface area contributed by atoms with E-state index in [0.29, 0.717) is 52.7 Å². The number of esters is 1. The molecule has 262 valence electrons. The molecule has 0 radical (unpaired) electrons. The Labute approximate surface area is 293 Å². The molecule has 0 saturated carbocycles. The van der Waals surface area contributed by atoms with Gasteiger partial charge in [-0.15, -0.1) is 0 Å². The fourth-order valence-corrected chi connectivity index (χ4v) is 7.76. The quantitative estimate of drug-likeness (QED) is 0.124. The minimum absolute atomic E-state index is 0.132. The lowest BCUT2D eigenvalue weighted by molar-refractivity contribution is -0.140. The number of ether oxygens (including phenoxy) is 1. The third-order valence-corrected chi connectivity index (χ3v) is 10.7. The summed E-state index contributed by atoms with van der Waals surface area (Å²) in [6.45, 7) is 14.3. The van der Waals surface area contributed by atoms with Crippen LogP contribution in [0.15, 0.2) is 30.9 Å². The number of carbonyl (C=O) groups is 3. The Kier molecular flexibility index (Phi) is 9.94. The van der Waals surface area contributed by atoms with Crippen molar-refractivity contribution in [2.24, 2.45) is 0 Å². The van der Waals surface area contributed by atoms with Crippen molar-refractivity contribution in [1.29, 1.82) is 0 Å². The molecule has 10 nitrogen and oxygen atoms in total. The molecule has 2 amide bonds. The SMILES string of the molecule is C=CC1=C(C)c2cc3[nH]c(c4c5[nH]c(cc6nc(cc1n2)C(C)=C6CC)c(CO)c5C(=O)N(CCCCCC)C4=O)[C@@H](CCC(=O)OC)[C@@H]3C. The molecule has 3 N–H and O–H groups in total. The van der Waals surface area contributed by atoms with Crippen LogP contribution in [0.2, 0.25) is 0 Å². The van der Waals surface area contributed by atoms with Gasteiger partial charge in [0.1, 0.15) is 0 Å². The molecule has 0 fully saturated rings. The van der Waals surface area contributed by atoms with Crippen LogP contribution in [0.25, 0.3) is 33.3 Å². The van der Waals surface area contributed by atoms with Crippen LogP contribution in [0.3, 0.4) is 0 Å². The zero-order valence-corrected chi connectivity index (χ0v) is 30.0. The van der Waals surface area contributed by atoms with E-state index >= 15 is 0 Å². The van der Waals surface area contributed by atoms with E-state index < -0.39 is 18.4 Å². The maximum absolute atomic E-state index is 14.6. The van der Waals surface area contributed by atoms with Crippen LogP contribution in [0.4, 0.5) is 0 Å². The number of unbranched alkanes of at least 4 members (excludes halogenated alkanes) is 3. The van der Waals surface area contributed by atoms with Gasteiger partial charge in [0.05, 0.1) is 53.1 Å². The Morgan fingerprint density at radius 1 is 0.980 bits per heavy atom. The van der Waals surface area contributed by atoms with E-state index in [2.05, 4.69) is 37.3 Å². The second kappa shape index (κ2) is 14.2. The molecule has 6 heterocycles. The average molecular weight is 678 g/mol. The van der Waals surface area contributed by atoms with Crippen molar-refractivity contribution in [1.82, 2.24) is 24.8 Å². The summed E-state index contributed by atoms with van der Waals surface area (Å²) in [7, 11) is 1.37. The molecule has 8 bridgehead atoms. The molecule has 50 heavy (non-hydrogen) atoms. The number of carbonyl (C=O) groups excluding carboxylic acids is 3. The van der Waals surface area contributed by atoms with Gasteiger partial charge in [-0.05, 0) is 68.0 Å². The lowest BCUT2D eigenvalue weighted by Gasteiger charge is -2.27. The van der Waals surface area contributed by atoms with Crippen molar-refractivity contribution in [3.05, 3.63) is 81.7 Å². The number of allylic oxidation sites excluding steroid dienone is 5. The lowest BCUT2D eigenvalue weighted by atomic mass is 9.84. The van der Waals surface area contributed by atoms with Crippen LogP contribution in [0, 0.1) is 0 Å². The predicted octanol–water partition coefficient (Wildman–Crippen LogP) is 8.00. The molecule has 0 spiro atoms. The van der Waals surface area contributed by atoms with Gasteiger partial charge >= 0.3 is 5.97 Å². The smallest absolute Gasteiger partial charge is 0.305 e. The Hall–Kier alpha value is -4.83. The van der Waals surface area contributed by atoms with E-state index in [9.17, 15) is 19.5 Å². The third-order valence-electron chi connectivity index (χ3n) is 10.7. The molecule has 0 saturated heterocycles. The van der Waals surface area contributed by atoms with Gasteiger partial charge in [0.2, 0.25) is 0 Å². The number of aromatic amines is 2. The van der Waals surface area contributed by atoms with Crippen LogP contribution in [-0.4, -0.2) is 61.4 Å². The molecule has 0 unspecified atom stereocenters. The first-order valence-electron chi connectivity index (χ1n) is 17.7. The number of nitrogens with one attached hydrogen (secondary N) is 2. The fraction of sp³-hybridized carbons (Fsp3) is 0.425. The molecule has 2 aromatic heterocycles. The topological polar surface area (TPSA) is 141 Å². The number of aromatic nitrogens is 4. The Bertz CT molecular complexity index is 2050. The standard InChI is InChI=1S/C40H47N5O5/c1-8-11-12-13-16-45-39(48)35-27(20-46)33-19-32-25(10-3)22(5)29(42-32)18-31-24(9-2)21(4)28(41-31)17-30-23(6)26(14-15-34(47)50-7)37(43-30)36(40(45)49)38(35)44-33/h9,17-19,23,26,43-44,46H,2,8,10-16,20H2,1,3-7H3/t23-,26-/m0/s1. The number of amides is 2. The summed E-state index contributed by atoms with van der Waals surface area (Å²) in [6, 6.07) is 5.87. The van der Waals surface area contributed by atoms with Crippen molar-refractivity contribution >= 4 is 51.1 Å². The number of imide groups is 1. The molecule has 2 atom stereocenters. The summed E-state index contributed by atoms with van der Waals surface area (Å²) in [4.78, 5) is 59.8. The van der Waals surface area contributed by atoms with Gasteiger partial charge in [0, 0.05) is 52.8 Å². The number of methoxy groups -OCH3 is 1. The molecular weight excluding hydrogens is 630 g/mol. The molecular formula is C40H47N5O5. The van der Waals surface area contributed by atoms with Crippen molar-refractivity contribution in [2.75, 3.05) is 13.7 Å². The summed E-state index contributed by atoms with van der Waals surface area (Å²) >= 11 is 0. The highest BCUT2D eigenvalue weighted by Crippen LogP contribution is 2.45. The highest BCUT2D eigenvalue weighted by Gasteiger charge is 2.40. The van der Waals surface area contributed by atoms with Crippen molar-refractivity contribution in [3.8, 4) is 0 Å². The number of hydrogen-bond acceptors (Lipinski definition) is 7. The van der Waals surface area contributed by atoms with Gasteiger partial charge in [-0.2, -0.15) is 0 Å². The predicted molar refractivity (Wildman–Crippen MR) is 196 cm³/mol. The van der Waals surface area contributed by atoms with Gasteiger partial charge in [0.25, 0.3) is 11.8 Å². The van der Waals surface area contributed by atoms with Gasteiger partial charge in [0.15, 0.2) is 0 Å². The first-order chi connectivity index (χ1) is 24.1. The second-order valence-corrected chi connectivity index (χ2v) is 13.5. The second-order valence-electron chi connectivity index (χ2n) is 13.5.